The summed E-state index contributed by atoms with van der Waals surface area (Å²) in [5, 5.41) is 0. The van der Waals surface area contributed by atoms with E-state index in [-0.39, 0.29) is 0 Å². The molecular weight excluding hydrogens is 244 g/mol. The summed E-state index contributed by atoms with van der Waals surface area (Å²) in [6, 6.07) is 7.23. The van der Waals surface area contributed by atoms with Crippen LogP contribution >= 0.6 is 0 Å². The second-order valence-electron chi connectivity index (χ2n) is 6.66. The molecule has 1 saturated heterocycles. The maximum absolute atomic E-state index is 2.57. The Morgan fingerprint density at radius 2 is 1.80 bits per heavy atom. The van der Waals surface area contributed by atoms with Gasteiger partial charge in [-0.3, -0.25) is 0 Å². The van der Waals surface area contributed by atoms with Gasteiger partial charge in [-0.2, -0.15) is 0 Å². The first-order valence-corrected chi connectivity index (χ1v) is 8.30. The van der Waals surface area contributed by atoms with Crippen molar-refractivity contribution in [1.29, 1.82) is 0 Å². The third-order valence-electron chi connectivity index (χ3n) is 4.89. The van der Waals surface area contributed by atoms with Crippen LogP contribution in [0, 0.1) is 0 Å². The Hall–Kier alpha value is -1.02. The van der Waals surface area contributed by atoms with Crippen molar-refractivity contribution in [3.05, 3.63) is 29.3 Å². The normalized spacial score (nSPS) is 20.7. The monoisotopic (exact) mass is 272 g/mol. The molecule has 0 spiro atoms. The van der Waals surface area contributed by atoms with Crippen molar-refractivity contribution in [2.75, 3.05) is 37.6 Å². The van der Waals surface area contributed by atoms with Crippen molar-refractivity contribution in [3.63, 3.8) is 0 Å². The van der Waals surface area contributed by atoms with Crippen molar-refractivity contribution < 1.29 is 0 Å². The maximum Gasteiger partial charge on any atom is 0.0370 e. The summed E-state index contributed by atoms with van der Waals surface area (Å²) in [5.74, 6) is 1.50. The molecule has 0 radical (unpaired) electrons. The molecule has 110 valence electrons. The summed E-state index contributed by atoms with van der Waals surface area (Å²) in [5.41, 5.74) is 4.66. The molecule has 2 heteroatoms. The zero-order valence-corrected chi connectivity index (χ0v) is 13.2. The second kappa shape index (κ2) is 5.77. The summed E-state index contributed by atoms with van der Waals surface area (Å²) < 4.78 is 0. The van der Waals surface area contributed by atoms with Gasteiger partial charge in [0.05, 0.1) is 0 Å². The third-order valence-corrected chi connectivity index (χ3v) is 4.89. The highest BCUT2D eigenvalue weighted by Gasteiger charge is 2.27. The van der Waals surface area contributed by atoms with Crippen LogP contribution in [-0.4, -0.2) is 37.6 Å². The van der Waals surface area contributed by atoms with Crippen molar-refractivity contribution >= 4 is 5.69 Å². The van der Waals surface area contributed by atoms with Crippen LogP contribution in [0.2, 0.25) is 0 Å². The van der Waals surface area contributed by atoms with Gasteiger partial charge in [0.2, 0.25) is 0 Å². The minimum Gasteiger partial charge on any atom is -0.369 e. The van der Waals surface area contributed by atoms with Gasteiger partial charge in [-0.25, -0.2) is 0 Å². The van der Waals surface area contributed by atoms with Gasteiger partial charge in [-0.15, -0.1) is 0 Å². The number of benzene rings is 1. The van der Waals surface area contributed by atoms with E-state index in [0.717, 1.165) is 5.92 Å². The van der Waals surface area contributed by atoms with E-state index in [2.05, 4.69) is 48.8 Å². The van der Waals surface area contributed by atoms with E-state index < -0.39 is 0 Å². The van der Waals surface area contributed by atoms with Crippen LogP contribution in [0.4, 0.5) is 5.69 Å². The second-order valence-corrected chi connectivity index (χ2v) is 6.66. The highest BCUT2D eigenvalue weighted by molar-refractivity contribution is 5.53. The topological polar surface area (TPSA) is 6.48 Å². The highest BCUT2D eigenvalue weighted by atomic mass is 15.3. The zero-order valence-electron chi connectivity index (χ0n) is 13.2. The quantitative estimate of drug-likeness (QED) is 0.822. The van der Waals surface area contributed by atoms with Gasteiger partial charge in [-0.1, -0.05) is 26.8 Å². The molecule has 2 nitrogen and oxygen atoms in total. The van der Waals surface area contributed by atoms with E-state index in [1.807, 2.05) is 0 Å². The summed E-state index contributed by atoms with van der Waals surface area (Å²) in [7, 11) is 0. The minimum absolute atomic E-state index is 0.650. The van der Waals surface area contributed by atoms with Crippen LogP contribution in [0.15, 0.2) is 18.2 Å². The molecular formula is C18H28N2. The molecule has 1 aliphatic carbocycles. The first-order chi connectivity index (χ1) is 9.69. The fourth-order valence-electron chi connectivity index (χ4n) is 3.35. The fourth-order valence-corrected chi connectivity index (χ4v) is 3.35. The zero-order chi connectivity index (χ0) is 14.1. The molecule has 2 fully saturated rings. The molecule has 1 aliphatic heterocycles. The van der Waals surface area contributed by atoms with Gasteiger partial charge in [-0.05, 0) is 54.5 Å². The Labute approximate surface area is 123 Å². The molecule has 1 aromatic rings. The number of hydrogen-bond acceptors (Lipinski definition) is 2. The van der Waals surface area contributed by atoms with E-state index >= 15 is 0 Å². The summed E-state index contributed by atoms with van der Waals surface area (Å²) in [6.07, 6.45) is 2.79. The van der Waals surface area contributed by atoms with Crippen LogP contribution in [0.5, 0.6) is 0 Å². The van der Waals surface area contributed by atoms with Crippen molar-refractivity contribution in [3.8, 4) is 0 Å². The molecule has 1 aromatic carbocycles. The smallest absolute Gasteiger partial charge is 0.0370 e. The van der Waals surface area contributed by atoms with E-state index in [1.54, 1.807) is 11.1 Å². The Balaban J connectivity index is 1.79. The van der Waals surface area contributed by atoms with Gasteiger partial charge in [0.15, 0.2) is 0 Å². The number of piperazine rings is 1. The van der Waals surface area contributed by atoms with Crippen LogP contribution in [-0.2, 0) is 0 Å². The Morgan fingerprint density at radius 3 is 2.35 bits per heavy atom. The van der Waals surface area contributed by atoms with Gasteiger partial charge in [0, 0.05) is 31.9 Å². The lowest BCUT2D eigenvalue weighted by Gasteiger charge is -2.36. The van der Waals surface area contributed by atoms with E-state index in [0.29, 0.717) is 5.92 Å². The highest BCUT2D eigenvalue weighted by Crippen LogP contribution is 2.44. The number of likely N-dealkylation sites (N-methyl/N-ethyl adjacent to an activating group) is 1. The number of nitrogens with zero attached hydrogens (tertiary/aromatic N) is 2. The van der Waals surface area contributed by atoms with Crippen LogP contribution in [0.25, 0.3) is 0 Å². The van der Waals surface area contributed by atoms with E-state index in [9.17, 15) is 0 Å². The number of anilines is 1. The molecule has 0 unspecified atom stereocenters. The van der Waals surface area contributed by atoms with Crippen LogP contribution < -0.4 is 4.90 Å². The molecule has 1 saturated carbocycles. The minimum atomic E-state index is 0.650. The standard InChI is InChI=1S/C18H28N2/c1-4-19-9-11-20(12-10-19)16-7-8-17(14(2)3)18(13-16)15-5-6-15/h7-8,13-15H,4-6,9-12H2,1-3H3. The Kier molecular flexibility index (Phi) is 4.02. The number of hydrogen-bond donors (Lipinski definition) is 0. The van der Waals surface area contributed by atoms with Crippen molar-refractivity contribution in [2.24, 2.45) is 0 Å². The first-order valence-electron chi connectivity index (χ1n) is 8.30. The summed E-state index contributed by atoms with van der Waals surface area (Å²) >= 11 is 0. The van der Waals surface area contributed by atoms with Gasteiger partial charge < -0.3 is 9.80 Å². The van der Waals surface area contributed by atoms with Crippen molar-refractivity contribution in [1.82, 2.24) is 4.90 Å². The molecule has 3 rings (SSSR count). The Morgan fingerprint density at radius 1 is 1.10 bits per heavy atom. The molecule has 20 heavy (non-hydrogen) atoms. The van der Waals surface area contributed by atoms with Crippen LogP contribution in [0.3, 0.4) is 0 Å². The average molecular weight is 272 g/mol. The third kappa shape index (κ3) is 2.85. The predicted octanol–water partition coefficient (Wildman–Crippen LogP) is 3.83. The van der Waals surface area contributed by atoms with E-state index in [1.165, 1.54) is 51.3 Å². The fraction of sp³-hybridized carbons (Fsp3) is 0.667. The lowest BCUT2D eigenvalue weighted by molar-refractivity contribution is 0.271. The van der Waals surface area contributed by atoms with E-state index in [4.69, 9.17) is 0 Å². The maximum atomic E-state index is 2.57. The van der Waals surface area contributed by atoms with Gasteiger partial charge in [0.25, 0.3) is 0 Å². The molecule has 1 heterocycles. The van der Waals surface area contributed by atoms with Crippen LogP contribution in [0.1, 0.15) is 56.6 Å². The largest absolute Gasteiger partial charge is 0.369 e. The molecule has 0 N–H and O–H groups in total. The van der Waals surface area contributed by atoms with Gasteiger partial charge >= 0.3 is 0 Å². The summed E-state index contributed by atoms with van der Waals surface area (Å²) in [4.78, 5) is 5.11. The number of rotatable bonds is 4. The van der Waals surface area contributed by atoms with Gasteiger partial charge in [0.1, 0.15) is 0 Å². The summed E-state index contributed by atoms with van der Waals surface area (Å²) in [6.45, 7) is 12.9. The predicted molar refractivity (Wildman–Crippen MR) is 86.8 cm³/mol. The SMILES string of the molecule is CCN1CCN(c2ccc(C(C)C)c(C3CC3)c2)CC1. The lowest BCUT2D eigenvalue weighted by Crippen LogP contribution is -2.46. The lowest BCUT2D eigenvalue weighted by atomic mass is 9.93. The average Bonchev–Trinajstić information content (AvgIpc) is 3.31. The molecule has 0 atom stereocenters. The van der Waals surface area contributed by atoms with Crippen molar-refractivity contribution in [2.45, 2.75) is 45.4 Å². The molecule has 0 bridgehead atoms. The molecule has 2 aliphatic rings. The Bertz CT molecular complexity index is 454. The first kappa shape index (κ1) is 13.9. The molecule has 0 amide bonds. The molecule has 0 aromatic heterocycles.